The smallest absolute Gasteiger partial charge is 0.319 e. The van der Waals surface area contributed by atoms with Gasteiger partial charge in [0.1, 0.15) is 37.8 Å². The molecule has 7 nitrogen and oxygen atoms in total. The molecule has 12 heteroatoms. The molecule has 0 bridgehead atoms. The first kappa shape index (κ1) is 42.7. The number of ether oxygens (including phenoxy) is 1. The maximum Gasteiger partial charge on any atom is 0.319 e. The zero-order valence-electron chi connectivity index (χ0n) is 41.0. The molecule has 3 aliphatic heterocycles. The second-order valence-electron chi connectivity index (χ2n) is 20.0. The number of benzene rings is 4. The number of alkyl halides is 1. The molecular weight excluding hydrogens is 865 g/mol. The van der Waals surface area contributed by atoms with E-state index in [1.807, 2.05) is 65.6 Å². The van der Waals surface area contributed by atoms with Crippen molar-refractivity contribution in [2.24, 2.45) is 10.9 Å². The normalized spacial score (nSPS) is 22.2. The van der Waals surface area contributed by atoms with Gasteiger partial charge in [-0.25, -0.2) is 22.6 Å². The predicted octanol–water partition coefficient (Wildman–Crippen LogP) is 12.9. The van der Waals surface area contributed by atoms with Crippen LogP contribution in [0.5, 0.6) is 6.01 Å². The Morgan fingerprint density at radius 3 is 2.30 bits per heavy atom. The number of halogens is 4. The lowest BCUT2D eigenvalue weighted by Crippen LogP contribution is -2.43. The molecule has 2 aromatic heterocycles. The van der Waals surface area contributed by atoms with Crippen LogP contribution in [0.15, 0.2) is 90.1 Å². The van der Waals surface area contributed by atoms with Crippen LogP contribution in [-0.2, 0) is 0 Å². The molecule has 0 spiro atoms. The maximum atomic E-state index is 18.2. The number of hydrogen-bond donors (Lipinski definition) is 0. The number of pyridine rings is 1. The van der Waals surface area contributed by atoms with Gasteiger partial charge in [-0.15, -0.1) is 5.54 Å². The first-order valence-electron chi connectivity index (χ1n) is 24.9. The first-order chi connectivity index (χ1) is 33.0. The summed E-state index contributed by atoms with van der Waals surface area (Å²) in [5, 5.41) is 0.723. The number of rotatable bonds is 11. The van der Waals surface area contributed by atoms with Crippen molar-refractivity contribution in [3.63, 3.8) is 0 Å². The summed E-state index contributed by atoms with van der Waals surface area (Å²) in [7, 11) is -2.52. The van der Waals surface area contributed by atoms with E-state index in [0.29, 0.717) is 54.5 Å². The molecule has 4 aliphatic rings. The third kappa shape index (κ3) is 8.09. The molecule has 4 fully saturated rings. The average Bonchev–Trinajstić information content (AvgIpc) is 3.90. The van der Waals surface area contributed by atoms with Crippen molar-refractivity contribution in [3.8, 4) is 28.7 Å². The molecule has 10 rings (SSSR count). The molecule has 346 valence electrons. The fourth-order valence-electron chi connectivity index (χ4n) is 11.8. The summed E-state index contributed by atoms with van der Waals surface area (Å²) in [6.07, 6.45) is 4.22. The van der Waals surface area contributed by atoms with E-state index in [0.717, 1.165) is 36.5 Å². The van der Waals surface area contributed by atoms with E-state index in [2.05, 4.69) is 62.9 Å². The molecule has 67 heavy (non-hydrogen) atoms. The number of aromatic nitrogens is 3. The van der Waals surface area contributed by atoms with Gasteiger partial charge in [0, 0.05) is 53.8 Å². The van der Waals surface area contributed by atoms with Crippen LogP contribution in [0.4, 0.5) is 29.1 Å². The summed E-state index contributed by atoms with van der Waals surface area (Å²) in [5.41, 5.74) is 5.00. The Kier molecular flexibility index (Phi) is 11.3. The lowest BCUT2D eigenvalue weighted by atomic mass is 9.94. The molecule has 1 saturated carbocycles. The summed E-state index contributed by atoms with van der Waals surface area (Å²) in [6, 6.07) is 23.4. The van der Waals surface area contributed by atoms with Gasteiger partial charge in [0.15, 0.2) is 17.5 Å². The number of aliphatic imine (C=N–C) groups is 1. The van der Waals surface area contributed by atoms with Gasteiger partial charge in [0.2, 0.25) is 0 Å². The molecular formula is C55H58F4N6OSi. The number of anilines is 1. The SMILES string of the molecule is [2H]C([2H])(Oc1nc(N2CCCC3CC32)c2cnc(-c3cc(N=C(c4ccccc4)c4ccccc4)cc4cc(F)c(F)c(C#C[Si](C(C)C)(C(C)C)C(C)C)c34)c(F)c2n1)[C@@]12CCCN1C[C@H](F)C2. The second kappa shape index (κ2) is 17.8. The highest BCUT2D eigenvalue weighted by molar-refractivity contribution is 6.90. The minimum atomic E-state index is -2.52. The summed E-state index contributed by atoms with van der Waals surface area (Å²) in [5.74, 6) is 0.893. The number of fused-ring (bicyclic) bond motifs is 4. The van der Waals surface area contributed by atoms with E-state index in [9.17, 15) is 2.74 Å². The summed E-state index contributed by atoms with van der Waals surface area (Å²) in [6.45, 7) is 11.7. The van der Waals surface area contributed by atoms with Crippen LogP contribution >= 0.6 is 0 Å². The van der Waals surface area contributed by atoms with Crippen molar-refractivity contribution < 1.29 is 25.0 Å². The topological polar surface area (TPSA) is 66.7 Å². The molecule has 0 amide bonds. The van der Waals surface area contributed by atoms with Gasteiger partial charge >= 0.3 is 6.01 Å². The minimum absolute atomic E-state index is 0.0433. The zero-order valence-corrected chi connectivity index (χ0v) is 40.0. The minimum Gasteiger partial charge on any atom is -0.461 e. The molecule has 1 aliphatic carbocycles. The Morgan fingerprint density at radius 1 is 0.910 bits per heavy atom. The highest BCUT2D eigenvalue weighted by Gasteiger charge is 2.50. The van der Waals surface area contributed by atoms with Crippen LogP contribution in [-0.4, -0.2) is 77.6 Å². The van der Waals surface area contributed by atoms with Gasteiger partial charge in [-0.3, -0.25) is 9.88 Å². The molecule has 2 unspecified atom stereocenters. The van der Waals surface area contributed by atoms with Gasteiger partial charge in [0.25, 0.3) is 0 Å². The number of piperidine rings is 1. The Labute approximate surface area is 394 Å². The van der Waals surface area contributed by atoms with Crippen molar-refractivity contribution in [2.75, 3.05) is 31.1 Å². The van der Waals surface area contributed by atoms with E-state index in [1.165, 1.54) is 6.20 Å². The lowest BCUT2D eigenvalue weighted by Gasteiger charge is -2.38. The Balaban J connectivity index is 1.23. The van der Waals surface area contributed by atoms with Crippen molar-refractivity contribution in [1.29, 1.82) is 0 Å². The van der Waals surface area contributed by atoms with E-state index in [4.69, 9.17) is 19.7 Å². The quantitative estimate of drug-likeness (QED) is 0.0558. The van der Waals surface area contributed by atoms with Crippen LogP contribution in [0.2, 0.25) is 16.6 Å². The number of nitrogens with zero attached hydrogens (tertiary/aromatic N) is 6. The summed E-state index contributed by atoms with van der Waals surface area (Å²) in [4.78, 5) is 23.4. The van der Waals surface area contributed by atoms with Crippen LogP contribution in [0.1, 0.15) is 99.5 Å². The fraction of sp³-hybridized carbons (Fsp3) is 0.418. The lowest BCUT2D eigenvalue weighted by molar-refractivity contribution is 0.107. The van der Waals surface area contributed by atoms with Crippen molar-refractivity contribution in [3.05, 3.63) is 119 Å². The van der Waals surface area contributed by atoms with E-state index >= 15 is 17.6 Å². The van der Waals surface area contributed by atoms with Crippen molar-refractivity contribution in [2.45, 2.75) is 114 Å². The Bertz CT molecular complexity index is 2990. The number of hydrogen-bond acceptors (Lipinski definition) is 7. The van der Waals surface area contributed by atoms with Crippen molar-refractivity contribution in [1.82, 2.24) is 19.9 Å². The third-order valence-corrected chi connectivity index (χ3v) is 21.4. The fourth-order valence-corrected chi connectivity index (χ4v) is 17.0. The highest BCUT2D eigenvalue weighted by atomic mass is 28.3. The zero-order chi connectivity index (χ0) is 48.6. The van der Waals surface area contributed by atoms with Gasteiger partial charge < -0.3 is 9.64 Å². The first-order valence-corrected chi connectivity index (χ1v) is 26.2. The van der Waals surface area contributed by atoms with E-state index < -0.39 is 43.8 Å². The van der Waals surface area contributed by atoms with E-state index in [-0.39, 0.29) is 74.8 Å². The van der Waals surface area contributed by atoms with E-state index in [1.54, 1.807) is 12.1 Å². The van der Waals surface area contributed by atoms with Crippen LogP contribution < -0.4 is 9.64 Å². The van der Waals surface area contributed by atoms with Crippen LogP contribution in [0, 0.1) is 34.8 Å². The van der Waals surface area contributed by atoms with Crippen LogP contribution in [0.25, 0.3) is 32.9 Å². The monoisotopic (exact) mass is 924 g/mol. The Morgan fingerprint density at radius 2 is 1.61 bits per heavy atom. The van der Waals surface area contributed by atoms with Gasteiger partial charge in [-0.2, -0.15) is 9.97 Å². The van der Waals surface area contributed by atoms with Gasteiger partial charge in [-0.1, -0.05) is 108 Å². The predicted molar refractivity (Wildman–Crippen MR) is 263 cm³/mol. The Hall–Kier alpha value is -5.64. The molecule has 5 heterocycles. The highest BCUT2D eigenvalue weighted by Crippen LogP contribution is 2.48. The van der Waals surface area contributed by atoms with Crippen LogP contribution in [0.3, 0.4) is 0 Å². The maximum absolute atomic E-state index is 18.2. The van der Waals surface area contributed by atoms with Gasteiger partial charge in [0.05, 0.1) is 30.6 Å². The molecule has 0 N–H and O–H groups in total. The molecule has 4 aromatic carbocycles. The van der Waals surface area contributed by atoms with Gasteiger partial charge in [-0.05, 0) is 84.8 Å². The second-order valence-corrected chi connectivity index (χ2v) is 25.6. The summed E-state index contributed by atoms with van der Waals surface area (Å²) < 4.78 is 91.0. The molecule has 3 saturated heterocycles. The molecule has 4 atom stereocenters. The standard InChI is InChI=1S/C55H58F4N6OSi/c1-33(2)67(34(3)4,35(5)6)24-20-42-47-39(26-45(57)48(42)58)25-41(61-50(36-15-9-7-10-16-36)37-17-11-8-12-18-37)28-43(47)51-49(59)52-44(30-60-51)53(65-23-13-19-38-27-46(38)65)63-54(62-52)66-32-55-21-14-22-64(55)31-40(56)29-55/h7-12,15-18,25-26,28,30,33-35,38,40,46H,13-14,19,21-23,27,29,31-32H2,1-6H3/t38?,40-,46?,55+/m1/s1/i32D2. The average molecular weight is 925 g/mol. The summed E-state index contributed by atoms with van der Waals surface area (Å²) >= 11 is 0. The van der Waals surface area contributed by atoms with Crippen molar-refractivity contribution >= 4 is 47.0 Å². The molecule has 0 radical (unpaired) electrons. The largest absolute Gasteiger partial charge is 0.461 e. The molecule has 6 aromatic rings. The third-order valence-electron chi connectivity index (χ3n) is 15.1.